The van der Waals surface area contributed by atoms with Gasteiger partial charge in [-0.25, -0.2) is 0 Å². The standard InChI is InChI=1S/C26H31ClO2/c1-2-3-4-19-5-7-22(8-6-19)24-17-28-26(29-18-24)23-11-9-20(10-12-23)21-13-15-25(27)16-14-21/h2,9-16,19,22,24,26H,1,3-8,17-18H2/t19-,22-,24?,26?. The quantitative estimate of drug-likeness (QED) is 0.460. The fourth-order valence-electron chi connectivity index (χ4n) is 4.76. The summed E-state index contributed by atoms with van der Waals surface area (Å²) >= 11 is 5.98. The molecule has 154 valence electrons. The highest BCUT2D eigenvalue weighted by atomic mass is 35.5. The van der Waals surface area contributed by atoms with Crippen molar-refractivity contribution in [3.63, 3.8) is 0 Å². The van der Waals surface area contributed by atoms with Gasteiger partial charge in [0.1, 0.15) is 0 Å². The topological polar surface area (TPSA) is 18.5 Å². The number of hydrogen-bond acceptors (Lipinski definition) is 2. The van der Waals surface area contributed by atoms with Gasteiger partial charge >= 0.3 is 0 Å². The van der Waals surface area contributed by atoms with E-state index in [9.17, 15) is 0 Å². The number of benzene rings is 2. The molecule has 1 saturated carbocycles. The molecule has 1 saturated heterocycles. The van der Waals surface area contributed by atoms with Gasteiger partial charge in [0.15, 0.2) is 6.29 Å². The van der Waals surface area contributed by atoms with Gasteiger partial charge in [-0.15, -0.1) is 6.58 Å². The van der Waals surface area contributed by atoms with E-state index in [0.717, 1.165) is 47.6 Å². The molecule has 1 aliphatic carbocycles. The van der Waals surface area contributed by atoms with E-state index in [1.165, 1.54) is 37.7 Å². The van der Waals surface area contributed by atoms with Crippen molar-refractivity contribution < 1.29 is 9.47 Å². The van der Waals surface area contributed by atoms with Gasteiger partial charge in [-0.2, -0.15) is 0 Å². The van der Waals surface area contributed by atoms with Crippen LogP contribution in [0, 0.1) is 17.8 Å². The van der Waals surface area contributed by atoms with Crippen molar-refractivity contribution >= 4 is 11.6 Å². The molecule has 0 bridgehead atoms. The van der Waals surface area contributed by atoms with Gasteiger partial charge < -0.3 is 9.47 Å². The Kier molecular flexibility index (Phi) is 7.07. The second-order valence-corrected chi connectivity index (χ2v) is 8.97. The number of ether oxygens (including phenoxy) is 2. The van der Waals surface area contributed by atoms with Crippen LogP contribution in [-0.2, 0) is 9.47 Å². The van der Waals surface area contributed by atoms with Crippen LogP contribution in [0.1, 0.15) is 50.4 Å². The fraction of sp³-hybridized carbons (Fsp3) is 0.462. The summed E-state index contributed by atoms with van der Waals surface area (Å²) in [4.78, 5) is 0. The van der Waals surface area contributed by atoms with Crippen LogP contribution in [-0.4, -0.2) is 13.2 Å². The predicted molar refractivity (Wildman–Crippen MR) is 120 cm³/mol. The molecule has 0 N–H and O–H groups in total. The molecule has 2 fully saturated rings. The van der Waals surface area contributed by atoms with Crippen molar-refractivity contribution in [1.82, 2.24) is 0 Å². The Morgan fingerprint density at radius 2 is 1.41 bits per heavy atom. The van der Waals surface area contributed by atoms with E-state index in [2.05, 4.69) is 36.9 Å². The maximum atomic E-state index is 6.13. The summed E-state index contributed by atoms with van der Waals surface area (Å²) in [6.07, 6.45) is 9.62. The third-order valence-corrected chi connectivity index (χ3v) is 6.87. The van der Waals surface area contributed by atoms with Gasteiger partial charge in [0.2, 0.25) is 0 Å². The Hall–Kier alpha value is -1.61. The molecule has 0 aromatic heterocycles. The molecule has 2 aliphatic rings. The van der Waals surface area contributed by atoms with E-state index in [4.69, 9.17) is 21.1 Å². The maximum Gasteiger partial charge on any atom is 0.183 e. The minimum absolute atomic E-state index is 0.241. The third kappa shape index (κ3) is 5.31. The Labute approximate surface area is 179 Å². The molecule has 2 aromatic rings. The van der Waals surface area contributed by atoms with Crippen LogP contribution in [0.5, 0.6) is 0 Å². The summed E-state index contributed by atoms with van der Waals surface area (Å²) in [5.41, 5.74) is 3.43. The van der Waals surface area contributed by atoms with Crippen molar-refractivity contribution in [1.29, 1.82) is 0 Å². The molecule has 0 atom stereocenters. The van der Waals surface area contributed by atoms with Gasteiger partial charge in [-0.3, -0.25) is 0 Å². The molecule has 29 heavy (non-hydrogen) atoms. The predicted octanol–water partition coefficient (Wildman–Crippen LogP) is 7.44. The average molecular weight is 411 g/mol. The highest BCUT2D eigenvalue weighted by Gasteiger charge is 2.32. The van der Waals surface area contributed by atoms with Crippen molar-refractivity contribution in [2.45, 2.75) is 44.8 Å². The van der Waals surface area contributed by atoms with Crippen LogP contribution in [0.3, 0.4) is 0 Å². The lowest BCUT2D eigenvalue weighted by molar-refractivity contribution is -0.214. The SMILES string of the molecule is C=CCC[C@H]1CC[C@H](C2COC(c3ccc(-c4ccc(Cl)cc4)cc3)OC2)CC1. The van der Waals surface area contributed by atoms with E-state index < -0.39 is 0 Å². The summed E-state index contributed by atoms with van der Waals surface area (Å²) in [5.74, 6) is 2.18. The lowest BCUT2D eigenvalue weighted by Crippen LogP contribution is -2.34. The summed E-state index contributed by atoms with van der Waals surface area (Å²) in [5, 5.41) is 0.759. The first-order valence-electron chi connectivity index (χ1n) is 10.9. The second kappa shape index (κ2) is 9.93. The van der Waals surface area contributed by atoms with Crippen molar-refractivity contribution in [3.05, 3.63) is 71.8 Å². The number of rotatable bonds is 6. The van der Waals surface area contributed by atoms with Crippen molar-refractivity contribution in [2.75, 3.05) is 13.2 Å². The number of hydrogen-bond donors (Lipinski definition) is 0. The van der Waals surface area contributed by atoms with Gasteiger partial charge in [0, 0.05) is 16.5 Å². The van der Waals surface area contributed by atoms with Crippen molar-refractivity contribution in [3.8, 4) is 11.1 Å². The highest BCUT2D eigenvalue weighted by Crippen LogP contribution is 2.38. The van der Waals surface area contributed by atoms with E-state index in [0.29, 0.717) is 5.92 Å². The third-order valence-electron chi connectivity index (χ3n) is 6.62. The molecule has 2 aromatic carbocycles. The second-order valence-electron chi connectivity index (χ2n) is 8.53. The lowest BCUT2D eigenvalue weighted by Gasteiger charge is -2.37. The van der Waals surface area contributed by atoms with E-state index in [-0.39, 0.29) is 6.29 Å². The zero-order valence-corrected chi connectivity index (χ0v) is 17.8. The molecule has 1 heterocycles. The van der Waals surface area contributed by atoms with E-state index in [1.54, 1.807) is 0 Å². The minimum atomic E-state index is -0.241. The van der Waals surface area contributed by atoms with Crippen molar-refractivity contribution in [2.24, 2.45) is 17.8 Å². The molecule has 0 spiro atoms. The van der Waals surface area contributed by atoms with Crippen LogP contribution in [0.25, 0.3) is 11.1 Å². The van der Waals surface area contributed by atoms with E-state index >= 15 is 0 Å². The van der Waals surface area contributed by atoms with Crippen LogP contribution in [0.15, 0.2) is 61.2 Å². The fourth-order valence-corrected chi connectivity index (χ4v) is 4.89. The largest absolute Gasteiger partial charge is 0.348 e. The summed E-state index contributed by atoms with van der Waals surface area (Å²) in [6, 6.07) is 16.4. The number of halogens is 1. The van der Waals surface area contributed by atoms with Crippen LogP contribution < -0.4 is 0 Å². The first-order valence-corrected chi connectivity index (χ1v) is 11.3. The summed E-state index contributed by atoms with van der Waals surface area (Å²) < 4.78 is 12.3. The first-order chi connectivity index (χ1) is 14.2. The summed E-state index contributed by atoms with van der Waals surface area (Å²) in [6.45, 7) is 5.47. The Bertz CT molecular complexity index is 767. The molecule has 2 nitrogen and oxygen atoms in total. The smallest absolute Gasteiger partial charge is 0.183 e. The summed E-state index contributed by atoms with van der Waals surface area (Å²) in [7, 11) is 0. The lowest BCUT2D eigenvalue weighted by atomic mass is 9.75. The molecule has 3 heteroatoms. The molecule has 0 amide bonds. The Morgan fingerprint density at radius 3 is 2.00 bits per heavy atom. The van der Waals surface area contributed by atoms with Gasteiger partial charge in [0.25, 0.3) is 0 Å². The molecule has 1 aliphatic heterocycles. The Balaban J connectivity index is 1.27. The minimum Gasteiger partial charge on any atom is -0.348 e. The first kappa shape index (κ1) is 20.7. The highest BCUT2D eigenvalue weighted by molar-refractivity contribution is 6.30. The van der Waals surface area contributed by atoms with Crippen LogP contribution >= 0.6 is 11.6 Å². The monoisotopic (exact) mass is 410 g/mol. The number of allylic oxidation sites excluding steroid dienone is 1. The molecule has 0 radical (unpaired) electrons. The van der Waals surface area contributed by atoms with E-state index in [1.807, 2.05) is 24.3 Å². The normalized spacial score (nSPS) is 27.5. The van der Waals surface area contributed by atoms with Crippen LogP contribution in [0.2, 0.25) is 5.02 Å². The molecular weight excluding hydrogens is 380 g/mol. The van der Waals surface area contributed by atoms with Gasteiger partial charge in [-0.05, 0) is 60.8 Å². The molecule has 0 unspecified atom stereocenters. The maximum absolute atomic E-state index is 6.13. The zero-order valence-electron chi connectivity index (χ0n) is 17.1. The van der Waals surface area contributed by atoms with Gasteiger partial charge in [0.05, 0.1) is 13.2 Å². The molecular formula is C26H31ClO2. The molecule has 4 rings (SSSR count). The van der Waals surface area contributed by atoms with Crippen LogP contribution in [0.4, 0.5) is 0 Å². The zero-order chi connectivity index (χ0) is 20.1. The average Bonchev–Trinajstić information content (AvgIpc) is 2.79. The Morgan fingerprint density at radius 1 is 0.828 bits per heavy atom. The van der Waals surface area contributed by atoms with Gasteiger partial charge in [-0.1, -0.05) is 66.9 Å².